The molecule has 0 atom stereocenters. The number of carbonyl (C=O) groups is 1. The number of likely N-dealkylation sites (tertiary alicyclic amines) is 1. The number of fused-ring (bicyclic) bond motifs is 1. The zero-order valence-corrected chi connectivity index (χ0v) is 23.5. The summed E-state index contributed by atoms with van der Waals surface area (Å²) in [6.07, 6.45) is 8.75. The van der Waals surface area contributed by atoms with Crippen LogP contribution in [0.4, 0.5) is 4.39 Å². The van der Waals surface area contributed by atoms with E-state index >= 15 is 0 Å². The summed E-state index contributed by atoms with van der Waals surface area (Å²) in [5.41, 5.74) is 0.214. The van der Waals surface area contributed by atoms with Gasteiger partial charge >= 0.3 is 0 Å². The number of rotatable bonds is 6. The number of piperidine rings is 1. The van der Waals surface area contributed by atoms with Crippen molar-refractivity contribution in [3.8, 4) is 16.8 Å². The Hall–Kier alpha value is -4.29. The standard InChI is InChI=1S/C29H27ClFN7O4/c1-35-14-18(12-34-35)20-10-19(4-5-22(20)31)38-24(30)11-21-25(38)33-16-37(27(21)39)15-29(41)6-8-36(9-7-29)28(40)23-13-32-26(42-23)17-2-3-17/h4-5,10-14,16-17,41H,2-3,6-9,15H2,1H3. The molecule has 11 nitrogen and oxygen atoms in total. The number of benzene rings is 1. The predicted octanol–water partition coefficient (Wildman–Crippen LogP) is 3.91. The SMILES string of the molecule is Cn1cc(-c2cc(-n3c(Cl)cc4c(=O)n(CC5(O)CCN(C(=O)c6cnc(C7CC7)o6)CC5)cnc43)ccc2F)cn1. The molecule has 4 aromatic heterocycles. The Morgan fingerprint density at radius 2 is 1.98 bits per heavy atom. The van der Waals surface area contributed by atoms with Crippen molar-refractivity contribution in [2.24, 2.45) is 7.05 Å². The molecule has 1 aromatic carbocycles. The van der Waals surface area contributed by atoms with Gasteiger partial charge in [0.25, 0.3) is 11.5 Å². The van der Waals surface area contributed by atoms with Crippen LogP contribution in [-0.2, 0) is 13.6 Å². The van der Waals surface area contributed by atoms with Crippen LogP contribution in [0.3, 0.4) is 0 Å². The Balaban J connectivity index is 1.11. The van der Waals surface area contributed by atoms with Gasteiger partial charge in [-0.2, -0.15) is 5.10 Å². The second-order valence-electron chi connectivity index (χ2n) is 11.1. The summed E-state index contributed by atoms with van der Waals surface area (Å²) in [4.78, 5) is 36.8. The summed E-state index contributed by atoms with van der Waals surface area (Å²) < 4.78 is 24.9. The van der Waals surface area contributed by atoms with Crippen LogP contribution in [0.2, 0.25) is 5.15 Å². The highest BCUT2D eigenvalue weighted by atomic mass is 35.5. The van der Waals surface area contributed by atoms with Crippen LogP contribution in [0.15, 0.2) is 58.4 Å². The van der Waals surface area contributed by atoms with Crippen molar-refractivity contribution >= 4 is 28.5 Å². The summed E-state index contributed by atoms with van der Waals surface area (Å²) in [6, 6.07) is 6.06. The first kappa shape index (κ1) is 26.6. The molecule has 42 heavy (non-hydrogen) atoms. The second kappa shape index (κ2) is 9.92. The highest BCUT2D eigenvalue weighted by Gasteiger charge is 2.37. The highest BCUT2D eigenvalue weighted by Crippen LogP contribution is 2.39. The minimum Gasteiger partial charge on any atom is -0.435 e. The Morgan fingerprint density at radius 3 is 2.69 bits per heavy atom. The highest BCUT2D eigenvalue weighted by molar-refractivity contribution is 6.31. The minimum absolute atomic E-state index is 0.00937. The Morgan fingerprint density at radius 1 is 1.19 bits per heavy atom. The molecule has 7 rings (SSSR count). The molecule has 2 aliphatic rings. The quantitative estimate of drug-likeness (QED) is 0.317. The monoisotopic (exact) mass is 591 g/mol. The zero-order valence-electron chi connectivity index (χ0n) is 22.7. The largest absolute Gasteiger partial charge is 0.435 e. The van der Waals surface area contributed by atoms with E-state index in [1.165, 1.54) is 29.2 Å². The van der Waals surface area contributed by atoms with E-state index in [0.29, 0.717) is 47.4 Å². The predicted molar refractivity (Wildman–Crippen MR) is 151 cm³/mol. The average molecular weight is 592 g/mol. The fourth-order valence-electron chi connectivity index (χ4n) is 5.54. The van der Waals surface area contributed by atoms with E-state index in [0.717, 1.165) is 12.8 Å². The van der Waals surface area contributed by atoms with Crippen LogP contribution in [-0.4, -0.2) is 63.5 Å². The van der Waals surface area contributed by atoms with E-state index in [1.807, 2.05) is 0 Å². The van der Waals surface area contributed by atoms with Crippen LogP contribution in [0.5, 0.6) is 0 Å². The summed E-state index contributed by atoms with van der Waals surface area (Å²) in [5.74, 6) is 0.466. The van der Waals surface area contributed by atoms with E-state index in [4.69, 9.17) is 16.0 Å². The molecule has 13 heteroatoms. The third-order valence-corrected chi connectivity index (χ3v) is 8.35. The molecule has 1 aliphatic carbocycles. The molecule has 1 N–H and O–H groups in total. The molecule has 1 amide bonds. The summed E-state index contributed by atoms with van der Waals surface area (Å²) in [7, 11) is 1.75. The third kappa shape index (κ3) is 4.70. The number of halogens is 2. The van der Waals surface area contributed by atoms with Gasteiger partial charge in [0.15, 0.2) is 11.5 Å². The number of carbonyl (C=O) groups excluding carboxylic acids is 1. The second-order valence-corrected chi connectivity index (χ2v) is 11.5. The number of hydrogen-bond donors (Lipinski definition) is 1. The topological polar surface area (TPSA) is 124 Å². The van der Waals surface area contributed by atoms with Gasteiger partial charge in [-0.05, 0) is 49.9 Å². The van der Waals surface area contributed by atoms with Crippen molar-refractivity contribution < 1.29 is 18.7 Å². The van der Waals surface area contributed by atoms with Crippen LogP contribution in [0.1, 0.15) is 48.0 Å². The lowest BCUT2D eigenvalue weighted by atomic mass is 9.91. The lowest BCUT2D eigenvalue weighted by molar-refractivity contribution is -0.0304. The Kier molecular flexibility index (Phi) is 6.28. The van der Waals surface area contributed by atoms with E-state index in [2.05, 4.69) is 15.1 Å². The molecule has 2 fully saturated rings. The number of aryl methyl sites for hydroxylation is 1. The van der Waals surface area contributed by atoms with Crippen molar-refractivity contribution in [1.82, 2.24) is 33.8 Å². The molecule has 0 radical (unpaired) electrons. The number of aromatic nitrogens is 6. The normalized spacial score (nSPS) is 16.8. The maximum Gasteiger partial charge on any atom is 0.291 e. The van der Waals surface area contributed by atoms with Gasteiger partial charge in [0.1, 0.15) is 17.3 Å². The van der Waals surface area contributed by atoms with E-state index in [1.54, 1.807) is 45.7 Å². The van der Waals surface area contributed by atoms with Crippen molar-refractivity contribution in [2.75, 3.05) is 13.1 Å². The molecule has 0 bridgehead atoms. The Bertz CT molecular complexity index is 1900. The number of oxazole rings is 1. The van der Waals surface area contributed by atoms with Crippen molar-refractivity contribution in [1.29, 1.82) is 0 Å². The fourth-order valence-corrected chi connectivity index (χ4v) is 5.83. The first-order chi connectivity index (χ1) is 20.2. The maximum atomic E-state index is 14.7. The molecule has 5 heterocycles. The van der Waals surface area contributed by atoms with E-state index in [-0.39, 0.29) is 47.2 Å². The van der Waals surface area contributed by atoms with Crippen molar-refractivity contribution in [3.05, 3.63) is 82.2 Å². The minimum atomic E-state index is -1.21. The molecule has 0 unspecified atom stereocenters. The third-order valence-electron chi connectivity index (χ3n) is 8.07. The molecule has 1 saturated heterocycles. The molecule has 216 valence electrons. The number of nitrogens with zero attached hydrogens (tertiary/aromatic N) is 7. The number of hydrogen-bond acceptors (Lipinski definition) is 7. The van der Waals surface area contributed by atoms with Gasteiger partial charge in [0.2, 0.25) is 5.76 Å². The van der Waals surface area contributed by atoms with Gasteiger partial charge < -0.3 is 14.4 Å². The van der Waals surface area contributed by atoms with E-state index in [9.17, 15) is 19.1 Å². The summed E-state index contributed by atoms with van der Waals surface area (Å²) >= 11 is 6.57. The zero-order chi connectivity index (χ0) is 29.2. The molecule has 5 aromatic rings. The lowest BCUT2D eigenvalue weighted by Gasteiger charge is -2.38. The molecule has 1 aliphatic heterocycles. The van der Waals surface area contributed by atoms with Gasteiger partial charge in [-0.25, -0.2) is 14.4 Å². The van der Waals surface area contributed by atoms with Gasteiger partial charge in [-0.1, -0.05) is 11.6 Å². The Labute approximate surface area is 243 Å². The first-order valence-electron chi connectivity index (χ1n) is 13.7. The summed E-state index contributed by atoms with van der Waals surface area (Å²) in [5, 5.41) is 16.0. The molecule has 1 saturated carbocycles. The fraction of sp³-hybridized carbons (Fsp3) is 0.345. The van der Waals surface area contributed by atoms with Crippen LogP contribution >= 0.6 is 11.6 Å². The molecular weight excluding hydrogens is 565 g/mol. The smallest absolute Gasteiger partial charge is 0.291 e. The van der Waals surface area contributed by atoms with Crippen LogP contribution < -0.4 is 5.56 Å². The average Bonchev–Trinajstić information content (AvgIpc) is 3.37. The van der Waals surface area contributed by atoms with Crippen molar-refractivity contribution in [3.63, 3.8) is 0 Å². The number of aliphatic hydroxyl groups is 1. The van der Waals surface area contributed by atoms with Gasteiger partial charge in [0.05, 0.1) is 29.9 Å². The van der Waals surface area contributed by atoms with Crippen molar-refractivity contribution in [2.45, 2.75) is 43.7 Å². The van der Waals surface area contributed by atoms with Gasteiger partial charge in [-0.15, -0.1) is 0 Å². The van der Waals surface area contributed by atoms with Gasteiger partial charge in [0, 0.05) is 49.1 Å². The van der Waals surface area contributed by atoms with Crippen LogP contribution in [0.25, 0.3) is 27.8 Å². The number of amides is 1. The molecular formula is C29H27ClFN7O4. The van der Waals surface area contributed by atoms with E-state index < -0.39 is 11.4 Å². The first-order valence-corrected chi connectivity index (χ1v) is 14.1. The lowest BCUT2D eigenvalue weighted by Crippen LogP contribution is -2.49. The molecule has 0 spiro atoms. The summed E-state index contributed by atoms with van der Waals surface area (Å²) in [6.45, 7) is 0.631. The maximum absolute atomic E-state index is 14.7. The van der Waals surface area contributed by atoms with Gasteiger partial charge in [-0.3, -0.25) is 23.4 Å². The van der Waals surface area contributed by atoms with Crippen LogP contribution in [0, 0.1) is 5.82 Å².